The van der Waals surface area contributed by atoms with Crippen LogP contribution in [-0.4, -0.2) is 73.6 Å². The van der Waals surface area contributed by atoms with E-state index in [0.29, 0.717) is 13.0 Å². The maximum atomic E-state index is 12.6. The fourth-order valence-corrected chi connectivity index (χ4v) is 3.52. The Morgan fingerprint density at radius 1 is 1.20 bits per heavy atom. The van der Waals surface area contributed by atoms with Gasteiger partial charge in [-0.15, -0.1) is 0 Å². The molecule has 2 saturated heterocycles. The smallest absolute Gasteiger partial charge is 0.286 e. The summed E-state index contributed by atoms with van der Waals surface area (Å²) in [6.45, 7) is 5.52. The molecule has 25 heavy (non-hydrogen) atoms. The largest absolute Gasteiger partial charge is 0.459 e. The van der Waals surface area contributed by atoms with Crippen molar-refractivity contribution in [2.24, 2.45) is 0 Å². The number of nitrogens with zero attached hydrogens (tertiary/aromatic N) is 2. The van der Waals surface area contributed by atoms with Crippen LogP contribution in [0.4, 0.5) is 0 Å². The molecular weight excluding hydrogens is 322 g/mol. The van der Waals surface area contributed by atoms with Crippen LogP contribution in [0.15, 0.2) is 22.8 Å². The number of ether oxygens (including phenoxy) is 1. The van der Waals surface area contributed by atoms with E-state index in [-0.39, 0.29) is 23.6 Å². The molecule has 2 aliphatic heterocycles. The molecule has 1 unspecified atom stereocenters. The van der Waals surface area contributed by atoms with Crippen LogP contribution in [0.2, 0.25) is 0 Å². The van der Waals surface area contributed by atoms with Crippen molar-refractivity contribution in [3.63, 3.8) is 0 Å². The number of carbonyl (C=O) groups excluding carboxylic acids is 2. The number of nitrogens with one attached hydrogen (secondary N) is 1. The monoisotopic (exact) mass is 349 g/mol. The highest BCUT2D eigenvalue weighted by Crippen LogP contribution is 2.19. The second-order valence-electron chi connectivity index (χ2n) is 6.63. The molecule has 2 amide bonds. The number of piperidine rings is 1. The summed E-state index contributed by atoms with van der Waals surface area (Å²) in [5.41, 5.74) is 0. The normalized spacial score (nSPS) is 21.9. The Kier molecular flexibility index (Phi) is 6.47. The number of furan rings is 1. The third-order valence-electron chi connectivity index (χ3n) is 4.89. The van der Waals surface area contributed by atoms with E-state index in [4.69, 9.17) is 9.15 Å². The minimum absolute atomic E-state index is 0.123. The fraction of sp³-hybridized carbons (Fsp3) is 0.667. The second-order valence-corrected chi connectivity index (χ2v) is 6.63. The van der Waals surface area contributed by atoms with Gasteiger partial charge < -0.3 is 19.4 Å². The van der Waals surface area contributed by atoms with Gasteiger partial charge in [0, 0.05) is 45.2 Å². The lowest BCUT2D eigenvalue weighted by atomic mass is 10.0. The van der Waals surface area contributed by atoms with Crippen molar-refractivity contribution in [2.45, 2.75) is 31.7 Å². The van der Waals surface area contributed by atoms with Crippen LogP contribution >= 0.6 is 0 Å². The van der Waals surface area contributed by atoms with E-state index >= 15 is 0 Å². The molecule has 3 rings (SSSR count). The average molecular weight is 349 g/mol. The SMILES string of the molecule is O=C(NCCC(=O)N1CCCCC1CN1CCOCC1)c1ccco1. The summed E-state index contributed by atoms with van der Waals surface area (Å²) in [7, 11) is 0. The maximum Gasteiger partial charge on any atom is 0.286 e. The summed E-state index contributed by atoms with van der Waals surface area (Å²) in [6.07, 6.45) is 5.08. The molecule has 138 valence electrons. The van der Waals surface area contributed by atoms with Crippen LogP contribution in [-0.2, 0) is 9.53 Å². The number of carbonyl (C=O) groups is 2. The van der Waals surface area contributed by atoms with Crippen LogP contribution < -0.4 is 5.32 Å². The molecular formula is C18H27N3O4. The zero-order valence-corrected chi connectivity index (χ0v) is 14.6. The minimum Gasteiger partial charge on any atom is -0.459 e. The highest BCUT2D eigenvalue weighted by molar-refractivity contribution is 5.91. The van der Waals surface area contributed by atoms with Gasteiger partial charge in [-0.2, -0.15) is 0 Å². The number of hydrogen-bond donors (Lipinski definition) is 1. The van der Waals surface area contributed by atoms with Gasteiger partial charge in [-0.05, 0) is 31.4 Å². The van der Waals surface area contributed by atoms with Gasteiger partial charge >= 0.3 is 0 Å². The predicted octanol–water partition coefficient (Wildman–Crippen LogP) is 1.11. The van der Waals surface area contributed by atoms with Crippen LogP contribution in [0.5, 0.6) is 0 Å². The first-order chi connectivity index (χ1) is 12.2. The Morgan fingerprint density at radius 3 is 2.80 bits per heavy atom. The molecule has 0 aliphatic carbocycles. The van der Waals surface area contributed by atoms with Gasteiger partial charge in [-0.25, -0.2) is 0 Å². The van der Waals surface area contributed by atoms with E-state index in [1.165, 1.54) is 12.7 Å². The molecule has 7 nitrogen and oxygen atoms in total. The number of amides is 2. The summed E-state index contributed by atoms with van der Waals surface area (Å²) in [5.74, 6) is 0.120. The van der Waals surface area contributed by atoms with E-state index in [1.807, 2.05) is 4.90 Å². The molecule has 2 fully saturated rings. The van der Waals surface area contributed by atoms with Crippen molar-refractivity contribution in [3.8, 4) is 0 Å². The first-order valence-corrected chi connectivity index (χ1v) is 9.15. The Bertz CT molecular complexity index is 555. The van der Waals surface area contributed by atoms with Gasteiger partial charge in [0.1, 0.15) is 0 Å². The van der Waals surface area contributed by atoms with Gasteiger partial charge in [0.15, 0.2) is 5.76 Å². The maximum absolute atomic E-state index is 12.6. The lowest BCUT2D eigenvalue weighted by Gasteiger charge is -2.39. The van der Waals surface area contributed by atoms with Crippen molar-refractivity contribution in [2.75, 3.05) is 45.9 Å². The molecule has 1 atom stereocenters. The third-order valence-corrected chi connectivity index (χ3v) is 4.89. The Labute approximate surface area is 148 Å². The molecule has 7 heteroatoms. The highest BCUT2D eigenvalue weighted by atomic mass is 16.5. The molecule has 0 aromatic carbocycles. The van der Waals surface area contributed by atoms with Crippen LogP contribution in [0.25, 0.3) is 0 Å². The first kappa shape index (κ1) is 17.9. The lowest BCUT2D eigenvalue weighted by molar-refractivity contribution is -0.135. The van der Waals surface area contributed by atoms with E-state index in [0.717, 1.165) is 52.2 Å². The average Bonchev–Trinajstić information content (AvgIpc) is 3.18. The van der Waals surface area contributed by atoms with Crippen LogP contribution in [0, 0.1) is 0 Å². The standard InChI is InChI=1S/C18H27N3O4/c22-17(6-7-19-18(23)16-5-3-11-25-16)21-8-2-1-4-15(21)14-20-9-12-24-13-10-20/h3,5,11,15H,1-2,4,6-10,12-14H2,(H,19,23). The van der Waals surface area contributed by atoms with Crippen LogP contribution in [0.3, 0.4) is 0 Å². The summed E-state index contributed by atoms with van der Waals surface area (Å²) < 4.78 is 10.4. The highest BCUT2D eigenvalue weighted by Gasteiger charge is 2.28. The number of likely N-dealkylation sites (tertiary alicyclic amines) is 1. The summed E-state index contributed by atoms with van der Waals surface area (Å²) in [5, 5.41) is 2.74. The molecule has 0 spiro atoms. The molecule has 3 heterocycles. The van der Waals surface area contributed by atoms with Crippen molar-refractivity contribution < 1.29 is 18.7 Å². The van der Waals surface area contributed by atoms with Crippen LogP contribution in [0.1, 0.15) is 36.2 Å². The lowest BCUT2D eigenvalue weighted by Crippen LogP contribution is -2.51. The number of morpholine rings is 1. The molecule has 2 aliphatic rings. The van der Waals surface area contributed by atoms with Crippen molar-refractivity contribution in [3.05, 3.63) is 24.2 Å². The summed E-state index contributed by atoms with van der Waals surface area (Å²) in [4.78, 5) is 28.9. The molecule has 0 saturated carbocycles. The molecule has 1 aromatic rings. The van der Waals surface area contributed by atoms with Gasteiger partial charge in [0.25, 0.3) is 5.91 Å². The van der Waals surface area contributed by atoms with E-state index in [1.54, 1.807) is 12.1 Å². The molecule has 1 aromatic heterocycles. The van der Waals surface area contributed by atoms with Gasteiger partial charge in [0.05, 0.1) is 19.5 Å². The second kappa shape index (κ2) is 9.01. The molecule has 0 radical (unpaired) electrons. The Morgan fingerprint density at radius 2 is 2.04 bits per heavy atom. The minimum atomic E-state index is -0.277. The van der Waals surface area contributed by atoms with E-state index in [9.17, 15) is 9.59 Å². The van der Waals surface area contributed by atoms with E-state index < -0.39 is 0 Å². The van der Waals surface area contributed by atoms with Crippen molar-refractivity contribution >= 4 is 11.8 Å². The Balaban J connectivity index is 1.45. The quantitative estimate of drug-likeness (QED) is 0.833. The van der Waals surface area contributed by atoms with Gasteiger partial charge in [-0.3, -0.25) is 14.5 Å². The number of hydrogen-bond acceptors (Lipinski definition) is 5. The molecule has 1 N–H and O–H groups in total. The topological polar surface area (TPSA) is 75.0 Å². The Hall–Kier alpha value is -1.86. The zero-order chi connectivity index (χ0) is 17.5. The van der Waals surface area contributed by atoms with E-state index in [2.05, 4.69) is 10.2 Å². The van der Waals surface area contributed by atoms with Gasteiger partial charge in [-0.1, -0.05) is 0 Å². The fourth-order valence-electron chi connectivity index (χ4n) is 3.52. The first-order valence-electron chi connectivity index (χ1n) is 9.15. The predicted molar refractivity (Wildman–Crippen MR) is 92.3 cm³/mol. The summed E-state index contributed by atoms with van der Waals surface area (Å²) in [6, 6.07) is 3.56. The molecule has 0 bridgehead atoms. The van der Waals surface area contributed by atoms with Crippen molar-refractivity contribution in [1.82, 2.24) is 15.1 Å². The van der Waals surface area contributed by atoms with Crippen molar-refractivity contribution in [1.29, 1.82) is 0 Å². The van der Waals surface area contributed by atoms with Gasteiger partial charge in [0.2, 0.25) is 5.91 Å². The number of rotatable bonds is 6. The zero-order valence-electron chi connectivity index (χ0n) is 14.6. The summed E-state index contributed by atoms with van der Waals surface area (Å²) >= 11 is 0. The third kappa shape index (κ3) is 5.06.